The van der Waals surface area contributed by atoms with Crippen molar-refractivity contribution in [3.63, 3.8) is 0 Å². The minimum Gasteiger partial charge on any atom is -0.246 e. The Labute approximate surface area is 69.6 Å². The number of nitrogens with zero attached hydrogens (tertiary/aromatic N) is 1. The Kier molecular flexibility index (Phi) is 2.90. The van der Waals surface area contributed by atoms with E-state index >= 15 is 0 Å². The van der Waals surface area contributed by atoms with Gasteiger partial charge in [-0.3, -0.25) is 0 Å². The van der Waals surface area contributed by atoms with Crippen LogP contribution in [0.4, 0.5) is 10.1 Å². The van der Waals surface area contributed by atoms with Crippen molar-refractivity contribution in [3.8, 4) is 0 Å². The Bertz CT molecular complexity index is 275. The minimum absolute atomic E-state index is 0.443. The maximum Gasteiger partial charge on any atom is 0.115 e. The van der Waals surface area contributed by atoms with Crippen LogP contribution in [0, 0.1) is 0 Å². The van der Waals surface area contributed by atoms with Crippen LogP contribution in [-0.2, 0) is 6.67 Å². The van der Waals surface area contributed by atoms with E-state index in [1.165, 1.54) is 0 Å². The molecular weight excluding hydrogens is 160 g/mol. The lowest BCUT2D eigenvalue weighted by Crippen LogP contribution is -1.74. The third-order valence-corrected chi connectivity index (χ3v) is 1.36. The monoisotopic (exact) mass is 166 g/mol. The largest absolute Gasteiger partial charge is 0.246 e. The van der Waals surface area contributed by atoms with Gasteiger partial charge in [-0.2, -0.15) is 4.99 Å². The van der Waals surface area contributed by atoms with Crippen LogP contribution in [-0.4, -0.2) is 5.16 Å². The first-order valence-corrected chi connectivity index (χ1v) is 3.50. The summed E-state index contributed by atoms with van der Waals surface area (Å²) >= 11 is 4.40. The van der Waals surface area contributed by atoms with Gasteiger partial charge in [-0.1, -0.05) is 12.1 Å². The molecule has 3 heteroatoms. The fourth-order valence-corrected chi connectivity index (χ4v) is 0.818. The molecule has 0 atom stereocenters. The van der Waals surface area contributed by atoms with Crippen LogP contribution in [0.1, 0.15) is 5.56 Å². The van der Waals surface area contributed by atoms with Gasteiger partial charge in [-0.15, -0.1) is 0 Å². The summed E-state index contributed by atoms with van der Waals surface area (Å²) in [5.41, 5.74) is 1.35. The first-order valence-electron chi connectivity index (χ1n) is 3.09. The molecule has 1 aromatic rings. The minimum atomic E-state index is -0.443. The van der Waals surface area contributed by atoms with E-state index in [2.05, 4.69) is 22.4 Å². The number of benzene rings is 1. The fourth-order valence-electron chi connectivity index (χ4n) is 0.712. The molecule has 1 aromatic carbocycles. The third kappa shape index (κ3) is 2.22. The molecule has 0 saturated heterocycles. The maximum absolute atomic E-state index is 12.0. The van der Waals surface area contributed by atoms with Crippen LogP contribution < -0.4 is 0 Å². The molecule has 1 rings (SSSR count). The van der Waals surface area contributed by atoms with E-state index in [1.807, 2.05) is 0 Å². The fraction of sp³-hybridized carbons (Fsp3) is 0.125. The number of aliphatic imine (C=N–C) groups is 1. The highest BCUT2D eigenvalue weighted by atomic mass is 32.1. The van der Waals surface area contributed by atoms with Crippen molar-refractivity contribution in [1.82, 2.24) is 0 Å². The highest BCUT2D eigenvalue weighted by Crippen LogP contribution is 2.12. The molecule has 0 unspecified atom stereocenters. The van der Waals surface area contributed by atoms with Crippen molar-refractivity contribution >= 4 is 23.1 Å². The predicted octanol–water partition coefficient (Wildman–Crippen LogP) is 2.89. The number of rotatable bonds is 2. The summed E-state index contributed by atoms with van der Waals surface area (Å²) in [4.78, 5) is 3.72. The molecule has 0 N–H and O–H groups in total. The summed E-state index contributed by atoms with van der Waals surface area (Å²) in [5, 5.41) is 2.24. The van der Waals surface area contributed by atoms with Gasteiger partial charge >= 0.3 is 0 Å². The molecule has 0 amide bonds. The Balaban J connectivity index is 2.91. The summed E-state index contributed by atoms with van der Waals surface area (Å²) in [6.45, 7) is -0.443. The predicted molar refractivity (Wildman–Crippen MR) is 45.9 cm³/mol. The van der Waals surface area contributed by atoms with Gasteiger partial charge in [-0.25, -0.2) is 4.39 Å². The van der Waals surface area contributed by atoms with Crippen molar-refractivity contribution in [2.75, 3.05) is 0 Å². The topological polar surface area (TPSA) is 12.4 Å². The number of alkyl halides is 1. The summed E-state index contributed by atoms with van der Waals surface area (Å²) in [6.07, 6.45) is 0. The zero-order valence-corrected chi connectivity index (χ0v) is 6.57. The standard InChI is InChI=1S/C8H6FNS/c9-5-7-1-3-8(4-2-7)10-6-11/h1-4H,5H2/i9-1. The van der Waals surface area contributed by atoms with Crippen LogP contribution in [0.3, 0.4) is 0 Å². The van der Waals surface area contributed by atoms with E-state index < -0.39 is 6.67 Å². The number of thiocarbonyl (C=S) groups is 1. The molecule has 0 heterocycles. The molecule has 0 saturated carbocycles. The molecule has 0 spiro atoms. The highest BCUT2D eigenvalue weighted by Gasteiger charge is 1.90. The molecule has 0 aliphatic heterocycles. The summed E-state index contributed by atoms with van der Waals surface area (Å²) < 4.78 is 12.0. The van der Waals surface area contributed by atoms with Crippen molar-refractivity contribution in [2.24, 2.45) is 4.99 Å². The van der Waals surface area contributed by atoms with E-state index in [-0.39, 0.29) is 0 Å². The van der Waals surface area contributed by atoms with E-state index in [0.717, 1.165) is 0 Å². The van der Waals surface area contributed by atoms with Crippen LogP contribution in [0.25, 0.3) is 0 Å². The molecule has 0 aromatic heterocycles. The normalized spacial score (nSPS) is 8.82. The van der Waals surface area contributed by atoms with E-state index in [4.69, 9.17) is 0 Å². The van der Waals surface area contributed by atoms with Gasteiger partial charge in [-0.05, 0) is 29.9 Å². The Morgan fingerprint density at radius 1 is 1.36 bits per heavy atom. The number of halogens is 1. The molecule has 11 heavy (non-hydrogen) atoms. The smallest absolute Gasteiger partial charge is 0.115 e. The van der Waals surface area contributed by atoms with Crippen molar-refractivity contribution in [1.29, 1.82) is 0 Å². The van der Waals surface area contributed by atoms with Crippen molar-refractivity contribution in [2.45, 2.75) is 6.67 Å². The first kappa shape index (κ1) is 8.05. The van der Waals surface area contributed by atoms with Crippen LogP contribution >= 0.6 is 12.2 Å². The molecule has 0 radical (unpaired) electrons. The van der Waals surface area contributed by atoms with E-state index in [9.17, 15) is 4.39 Å². The van der Waals surface area contributed by atoms with Crippen molar-refractivity contribution < 1.29 is 4.39 Å². The average molecular weight is 166 g/mol. The van der Waals surface area contributed by atoms with Gasteiger partial charge in [0.1, 0.15) is 6.67 Å². The lowest BCUT2D eigenvalue weighted by atomic mass is 10.2. The van der Waals surface area contributed by atoms with Gasteiger partial charge in [0, 0.05) is 0 Å². The van der Waals surface area contributed by atoms with E-state index in [1.54, 1.807) is 24.3 Å². The van der Waals surface area contributed by atoms with Gasteiger partial charge in [0.2, 0.25) is 0 Å². The molecule has 0 fully saturated rings. The zero-order valence-electron chi connectivity index (χ0n) is 5.75. The molecule has 1 nitrogen and oxygen atoms in total. The molecule has 56 valence electrons. The first-order chi connectivity index (χ1) is 5.36. The van der Waals surface area contributed by atoms with Crippen LogP contribution in [0.15, 0.2) is 29.3 Å². The Hall–Kier alpha value is -1.05. The second-order valence-electron chi connectivity index (χ2n) is 2.00. The van der Waals surface area contributed by atoms with Crippen LogP contribution in [0.5, 0.6) is 0 Å². The van der Waals surface area contributed by atoms with Crippen molar-refractivity contribution in [3.05, 3.63) is 29.8 Å². The maximum atomic E-state index is 12.0. The SMILES string of the molecule is [18F]Cc1ccc(N=C=S)cc1. The second kappa shape index (κ2) is 3.96. The van der Waals surface area contributed by atoms with E-state index in [0.29, 0.717) is 11.3 Å². The van der Waals surface area contributed by atoms with Gasteiger partial charge in [0.05, 0.1) is 10.8 Å². The molecule has 0 bridgehead atoms. The third-order valence-electron chi connectivity index (χ3n) is 1.27. The quantitative estimate of drug-likeness (QED) is 0.486. The lowest BCUT2D eigenvalue weighted by Gasteiger charge is -1.92. The van der Waals surface area contributed by atoms with Gasteiger partial charge in [0.15, 0.2) is 0 Å². The van der Waals surface area contributed by atoms with Gasteiger partial charge < -0.3 is 0 Å². The number of isothiocyanates is 1. The molecule has 0 aliphatic carbocycles. The second-order valence-corrected chi connectivity index (χ2v) is 2.19. The highest BCUT2D eigenvalue weighted by molar-refractivity contribution is 7.78. The molecular formula is C8H6FNS. The Morgan fingerprint density at radius 2 is 2.00 bits per heavy atom. The summed E-state index contributed by atoms with van der Waals surface area (Å²) in [5.74, 6) is 0. The summed E-state index contributed by atoms with van der Waals surface area (Å²) in [6, 6.07) is 6.75. The number of hydrogen-bond acceptors (Lipinski definition) is 2. The average Bonchev–Trinajstić information content (AvgIpc) is 2.07. The zero-order chi connectivity index (χ0) is 8.10. The molecule has 0 aliphatic rings. The Morgan fingerprint density at radius 3 is 2.45 bits per heavy atom. The summed E-state index contributed by atoms with van der Waals surface area (Å²) in [7, 11) is 0. The lowest BCUT2D eigenvalue weighted by molar-refractivity contribution is 0.485. The van der Waals surface area contributed by atoms with Crippen LogP contribution in [0.2, 0.25) is 0 Å². The number of hydrogen-bond donors (Lipinski definition) is 0. The van der Waals surface area contributed by atoms with Gasteiger partial charge in [0.25, 0.3) is 0 Å².